The van der Waals surface area contributed by atoms with E-state index in [4.69, 9.17) is 11.6 Å². The molecule has 3 heteroatoms. The van der Waals surface area contributed by atoms with E-state index in [0.717, 1.165) is 21.7 Å². The Labute approximate surface area is 92.6 Å². The summed E-state index contributed by atoms with van der Waals surface area (Å²) in [4.78, 5) is 0. The fourth-order valence-corrected chi connectivity index (χ4v) is 1.59. The molecular weight excluding hydrogens is 249 g/mol. The molecule has 0 aromatic heterocycles. The molecule has 0 spiro atoms. The minimum Gasteiger partial charge on any atom is -0.384 e. The molecule has 0 bridgehead atoms. The van der Waals surface area contributed by atoms with Crippen molar-refractivity contribution < 1.29 is 0 Å². The number of benzene rings is 1. The SMILES string of the molecule is CCCCNc1cc(Cl)ccc1Br. The van der Waals surface area contributed by atoms with Crippen LogP contribution in [-0.2, 0) is 0 Å². The van der Waals surface area contributed by atoms with Gasteiger partial charge in [0.05, 0.1) is 0 Å². The van der Waals surface area contributed by atoms with E-state index in [9.17, 15) is 0 Å². The summed E-state index contributed by atoms with van der Waals surface area (Å²) in [5, 5.41) is 4.09. The van der Waals surface area contributed by atoms with Gasteiger partial charge in [0.25, 0.3) is 0 Å². The maximum absolute atomic E-state index is 5.87. The van der Waals surface area contributed by atoms with Crippen molar-refractivity contribution >= 4 is 33.2 Å². The van der Waals surface area contributed by atoms with Crippen LogP contribution in [0.5, 0.6) is 0 Å². The van der Waals surface area contributed by atoms with Crippen LogP contribution in [-0.4, -0.2) is 6.54 Å². The molecular formula is C10H13BrClN. The lowest BCUT2D eigenvalue weighted by Gasteiger charge is -2.07. The molecule has 0 aliphatic rings. The predicted molar refractivity (Wildman–Crippen MR) is 62.5 cm³/mol. The third-order valence-electron chi connectivity index (χ3n) is 1.77. The predicted octanol–water partition coefficient (Wildman–Crippen LogP) is 4.31. The average molecular weight is 263 g/mol. The fraction of sp³-hybridized carbons (Fsp3) is 0.400. The second-order valence-electron chi connectivity index (χ2n) is 2.90. The molecule has 0 aliphatic heterocycles. The van der Waals surface area contributed by atoms with Crippen LogP contribution in [0.2, 0.25) is 5.02 Å². The van der Waals surface area contributed by atoms with E-state index >= 15 is 0 Å². The van der Waals surface area contributed by atoms with Gasteiger partial charge in [-0.3, -0.25) is 0 Å². The topological polar surface area (TPSA) is 12.0 Å². The number of hydrogen-bond donors (Lipinski definition) is 1. The van der Waals surface area contributed by atoms with Crippen molar-refractivity contribution in [2.75, 3.05) is 11.9 Å². The molecule has 0 saturated carbocycles. The Bertz CT molecular complexity index is 276. The van der Waals surface area contributed by atoms with Crippen LogP contribution in [0.3, 0.4) is 0 Å². The Hall–Kier alpha value is -0.210. The number of hydrogen-bond acceptors (Lipinski definition) is 1. The molecule has 0 saturated heterocycles. The van der Waals surface area contributed by atoms with Gasteiger partial charge in [0.2, 0.25) is 0 Å². The highest BCUT2D eigenvalue weighted by Crippen LogP contribution is 2.25. The van der Waals surface area contributed by atoms with Crippen LogP contribution in [0, 0.1) is 0 Å². The van der Waals surface area contributed by atoms with Gasteiger partial charge in [0.15, 0.2) is 0 Å². The summed E-state index contributed by atoms with van der Waals surface area (Å²) >= 11 is 9.33. The summed E-state index contributed by atoms with van der Waals surface area (Å²) in [5.41, 5.74) is 1.07. The van der Waals surface area contributed by atoms with E-state index in [0.29, 0.717) is 0 Å². The summed E-state index contributed by atoms with van der Waals surface area (Å²) in [5.74, 6) is 0. The van der Waals surface area contributed by atoms with Crippen LogP contribution < -0.4 is 5.32 Å². The van der Waals surface area contributed by atoms with Crippen LogP contribution >= 0.6 is 27.5 Å². The van der Waals surface area contributed by atoms with Gasteiger partial charge in [-0.2, -0.15) is 0 Å². The molecule has 1 aromatic rings. The Kier molecular flexibility index (Phi) is 4.60. The summed E-state index contributed by atoms with van der Waals surface area (Å²) in [7, 11) is 0. The van der Waals surface area contributed by atoms with Crippen LogP contribution in [0.15, 0.2) is 22.7 Å². The number of halogens is 2. The highest BCUT2D eigenvalue weighted by atomic mass is 79.9. The minimum atomic E-state index is 0.766. The second-order valence-corrected chi connectivity index (χ2v) is 4.20. The summed E-state index contributed by atoms with van der Waals surface area (Å²) in [6.45, 7) is 3.17. The molecule has 0 radical (unpaired) electrons. The van der Waals surface area contributed by atoms with Crippen LogP contribution in [0.1, 0.15) is 19.8 Å². The molecule has 0 fully saturated rings. The van der Waals surface area contributed by atoms with Gasteiger partial charge in [-0.1, -0.05) is 24.9 Å². The maximum atomic E-state index is 5.87. The zero-order valence-electron chi connectivity index (χ0n) is 7.61. The van der Waals surface area contributed by atoms with Gasteiger partial charge in [0, 0.05) is 21.7 Å². The first-order valence-corrected chi connectivity index (χ1v) is 5.60. The van der Waals surface area contributed by atoms with E-state index in [1.165, 1.54) is 12.8 Å². The number of nitrogens with one attached hydrogen (secondary N) is 1. The van der Waals surface area contributed by atoms with Gasteiger partial charge in [0.1, 0.15) is 0 Å². The van der Waals surface area contributed by atoms with E-state index in [2.05, 4.69) is 28.2 Å². The first-order chi connectivity index (χ1) is 6.24. The molecule has 0 unspecified atom stereocenters. The monoisotopic (exact) mass is 261 g/mol. The molecule has 0 aliphatic carbocycles. The first kappa shape index (κ1) is 10.9. The van der Waals surface area contributed by atoms with Crippen molar-refractivity contribution in [3.05, 3.63) is 27.7 Å². The van der Waals surface area contributed by atoms with Gasteiger partial charge < -0.3 is 5.32 Å². The maximum Gasteiger partial charge on any atom is 0.0499 e. The number of unbranched alkanes of at least 4 members (excludes halogenated alkanes) is 1. The van der Waals surface area contributed by atoms with Crippen molar-refractivity contribution in [1.29, 1.82) is 0 Å². The van der Waals surface area contributed by atoms with Crippen LogP contribution in [0.25, 0.3) is 0 Å². The van der Waals surface area contributed by atoms with Crippen molar-refractivity contribution in [3.8, 4) is 0 Å². The first-order valence-electron chi connectivity index (χ1n) is 4.43. The average Bonchev–Trinajstić information content (AvgIpc) is 2.11. The summed E-state index contributed by atoms with van der Waals surface area (Å²) < 4.78 is 1.06. The van der Waals surface area contributed by atoms with Gasteiger partial charge >= 0.3 is 0 Å². The molecule has 1 N–H and O–H groups in total. The van der Waals surface area contributed by atoms with Gasteiger partial charge in [-0.25, -0.2) is 0 Å². The molecule has 1 aromatic carbocycles. The molecule has 1 rings (SSSR count). The molecule has 72 valence electrons. The van der Waals surface area contributed by atoms with Gasteiger partial charge in [-0.15, -0.1) is 0 Å². The lowest BCUT2D eigenvalue weighted by molar-refractivity contribution is 0.834. The Balaban J connectivity index is 2.59. The lowest BCUT2D eigenvalue weighted by Crippen LogP contribution is -2.01. The third-order valence-corrected chi connectivity index (χ3v) is 2.70. The molecule has 0 heterocycles. The second kappa shape index (κ2) is 5.51. The fourth-order valence-electron chi connectivity index (χ4n) is 1.03. The largest absolute Gasteiger partial charge is 0.384 e. The molecule has 0 atom stereocenters. The van der Waals surface area contributed by atoms with Crippen LogP contribution in [0.4, 0.5) is 5.69 Å². The standard InChI is InChI=1S/C10H13BrClN/c1-2-3-6-13-10-7-8(12)4-5-9(10)11/h4-5,7,13H,2-3,6H2,1H3. The van der Waals surface area contributed by atoms with E-state index in [1.54, 1.807) is 0 Å². The summed E-state index contributed by atoms with van der Waals surface area (Å²) in [6, 6.07) is 5.76. The minimum absolute atomic E-state index is 0.766. The van der Waals surface area contributed by atoms with Gasteiger partial charge in [-0.05, 0) is 40.5 Å². The van der Waals surface area contributed by atoms with E-state index < -0.39 is 0 Å². The highest BCUT2D eigenvalue weighted by Gasteiger charge is 1.98. The van der Waals surface area contributed by atoms with Crippen molar-refractivity contribution in [1.82, 2.24) is 0 Å². The molecule has 13 heavy (non-hydrogen) atoms. The highest BCUT2D eigenvalue weighted by molar-refractivity contribution is 9.10. The third kappa shape index (κ3) is 3.57. The quantitative estimate of drug-likeness (QED) is 0.797. The van der Waals surface area contributed by atoms with E-state index in [1.807, 2.05) is 18.2 Å². The summed E-state index contributed by atoms with van der Waals surface area (Å²) in [6.07, 6.45) is 2.38. The normalized spacial score (nSPS) is 10.1. The smallest absolute Gasteiger partial charge is 0.0499 e. The van der Waals surface area contributed by atoms with Crippen molar-refractivity contribution in [3.63, 3.8) is 0 Å². The Morgan fingerprint density at radius 1 is 1.46 bits per heavy atom. The lowest BCUT2D eigenvalue weighted by atomic mass is 10.3. The molecule has 1 nitrogen and oxygen atoms in total. The Morgan fingerprint density at radius 3 is 2.92 bits per heavy atom. The van der Waals surface area contributed by atoms with E-state index in [-0.39, 0.29) is 0 Å². The zero-order valence-corrected chi connectivity index (χ0v) is 9.95. The zero-order chi connectivity index (χ0) is 9.68. The van der Waals surface area contributed by atoms with Crippen molar-refractivity contribution in [2.45, 2.75) is 19.8 Å². The Morgan fingerprint density at radius 2 is 2.23 bits per heavy atom. The number of rotatable bonds is 4. The molecule has 0 amide bonds. The van der Waals surface area contributed by atoms with Crippen molar-refractivity contribution in [2.24, 2.45) is 0 Å². The number of anilines is 1.